The minimum Gasteiger partial charge on any atom is -1.00 e. The van der Waals surface area contributed by atoms with Gasteiger partial charge in [-0.3, -0.25) is 0 Å². The summed E-state index contributed by atoms with van der Waals surface area (Å²) < 4.78 is 6.92. The predicted octanol–water partition coefficient (Wildman–Crippen LogP) is -2.31. The topological polar surface area (TPSA) is 0 Å². The summed E-state index contributed by atoms with van der Waals surface area (Å²) in [5.41, 5.74) is 0. The van der Waals surface area contributed by atoms with Crippen molar-refractivity contribution in [3.05, 3.63) is 43.0 Å². The molecule has 80 valence electrons. The van der Waals surface area contributed by atoms with Gasteiger partial charge in [0.2, 0.25) is 0 Å². The van der Waals surface area contributed by atoms with Crippen LogP contribution < -0.4 is 34.0 Å². The number of allylic oxidation sites excluding steroid dienone is 8. The first-order valence-corrected chi connectivity index (χ1v) is 11.1. The van der Waals surface area contributed by atoms with Crippen LogP contribution in [0.3, 0.4) is 0 Å². The number of halogens is 2. The maximum Gasteiger partial charge on any atom is -1.00 e. The number of hydrogen-bond acceptors (Lipinski definition) is 0. The van der Waals surface area contributed by atoms with Crippen molar-refractivity contribution < 1.29 is 54.2 Å². The van der Waals surface area contributed by atoms with Crippen molar-refractivity contribution in [3.63, 3.8) is 0 Å². The van der Waals surface area contributed by atoms with Crippen molar-refractivity contribution in [2.75, 3.05) is 0 Å². The first kappa shape index (κ1) is 13.9. The van der Waals surface area contributed by atoms with Crippen molar-refractivity contribution in [3.8, 4) is 0 Å². The molecule has 0 saturated carbocycles. The average Bonchev–Trinajstić information content (AvgIpc) is 2.68. The van der Waals surface area contributed by atoms with E-state index in [1.807, 2.05) is 6.56 Å². The summed E-state index contributed by atoms with van der Waals surface area (Å²) in [6.45, 7) is 0. The predicted molar refractivity (Wildman–Crippen MR) is 53.3 cm³/mol. The zero-order valence-electron chi connectivity index (χ0n) is 8.55. The molecule has 0 spiro atoms. The summed E-state index contributed by atoms with van der Waals surface area (Å²) in [7, 11) is 0. The van der Waals surface area contributed by atoms with Crippen LogP contribution in [0.5, 0.6) is 0 Å². The standard InChI is InChI=1S/2C5H5.C2H4.2BrH.Zr/c2*1-2-4-5-3-1;1-2;;;/h2*1-3H,4H2;1-2H2;2*1H;/q;;;;;+2/p-2. The molecule has 1 heterocycles. The molecule has 1 fully saturated rings. The SMILES string of the molecule is C1=CC[C]([Zr+2]2([C]3=CC=CC3)[CH2][CH2]2)=C1.[Br-].[Br-]. The van der Waals surface area contributed by atoms with Crippen molar-refractivity contribution in [2.24, 2.45) is 0 Å². The van der Waals surface area contributed by atoms with Crippen LogP contribution in [0.2, 0.25) is 8.26 Å². The van der Waals surface area contributed by atoms with E-state index in [4.69, 9.17) is 0 Å². The third-order valence-electron chi connectivity index (χ3n) is 3.52. The van der Waals surface area contributed by atoms with E-state index in [0.717, 1.165) is 0 Å². The van der Waals surface area contributed by atoms with E-state index in [-0.39, 0.29) is 34.0 Å². The van der Waals surface area contributed by atoms with E-state index < -0.39 is 20.3 Å². The fraction of sp³-hybridized carbons (Fsp3) is 0.333. The molecule has 0 N–H and O–H groups in total. The van der Waals surface area contributed by atoms with Crippen LogP contribution in [-0.4, -0.2) is 0 Å². The average molecular weight is 409 g/mol. The Hall–Kier alpha value is 0.803. The van der Waals surface area contributed by atoms with Crippen LogP contribution in [-0.2, 0) is 20.3 Å². The van der Waals surface area contributed by atoms with Gasteiger partial charge in [0.1, 0.15) is 0 Å². The van der Waals surface area contributed by atoms with Gasteiger partial charge in [-0.25, -0.2) is 0 Å². The molecule has 3 aliphatic rings. The Morgan fingerprint density at radius 3 is 1.53 bits per heavy atom. The monoisotopic (exact) mass is 406 g/mol. The second kappa shape index (κ2) is 5.42. The van der Waals surface area contributed by atoms with Gasteiger partial charge >= 0.3 is 84.4 Å². The Morgan fingerprint density at radius 2 is 1.27 bits per heavy atom. The van der Waals surface area contributed by atoms with Gasteiger partial charge in [0.15, 0.2) is 0 Å². The van der Waals surface area contributed by atoms with Crippen LogP contribution in [0, 0.1) is 0 Å². The second-order valence-corrected chi connectivity index (χ2v) is 15.2. The Kier molecular flexibility index (Phi) is 5.01. The molecule has 3 rings (SSSR count). The van der Waals surface area contributed by atoms with Gasteiger partial charge in [0.25, 0.3) is 0 Å². The molecule has 2 aliphatic carbocycles. The van der Waals surface area contributed by atoms with E-state index in [1.165, 1.54) is 12.8 Å². The molecular formula is C12H14Br2Zr. The van der Waals surface area contributed by atoms with E-state index in [9.17, 15) is 0 Å². The van der Waals surface area contributed by atoms with Gasteiger partial charge in [0, 0.05) is 0 Å². The summed E-state index contributed by atoms with van der Waals surface area (Å²) >= 11 is -1.76. The molecule has 0 bridgehead atoms. The Bertz CT molecular complexity index is 328. The maximum atomic E-state index is 2.42. The summed E-state index contributed by atoms with van der Waals surface area (Å²) in [5.74, 6) is 0. The minimum absolute atomic E-state index is 0. The molecular weight excluding hydrogens is 395 g/mol. The van der Waals surface area contributed by atoms with E-state index in [1.54, 1.807) is 8.26 Å². The smallest absolute Gasteiger partial charge is 1.00 e. The Balaban J connectivity index is 0.000000562. The molecule has 0 aromatic rings. The molecule has 0 atom stereocenters. The van der Waals surface area contributed by atoms with Gasteiger partial charge in [0.05, 0.1) is 0 Å². The first-order chi connectivity index (χ1) is 6.42. The minimum atomic E-state index is -1.76. The molecule has 0 aromatic carbocycles. The first-order valence-electron chi connectivity index (χ1n) is 5.14. The van der Waals surface area contributed by atoms with Gasteiger partial charge in [-0.1, -0.05) is 0 Å². The van der Waals surface area contributed by atoms with E-state index >= 15 is 0 Å². The maximum absolute atomic E-state index is 2.42. The largest absolute Gasteiger partial charge is 1.00 e. The molecule has 1 aliphatic heterocycles. The van der Waals surface area contributed by atoms with Crippen LogP contribution >= 0.6 is 0 Å². The van der Waals surface area contributed by atoms with Gasteiger partial charge in [-0.15, -0.1) is 0 Å². The van der Waals surface area contributed by atoms with Gasteiger partial charge in [-0.05, 0) is 0 Å². The van der Waals surface area contributed by atoms with Crippen LogP contribution in [0.25, 0.3) is 0 Å². The van der Waals surface area contributed by atoms with Gasteiger partial charge < -0.3 is 34.0 Å². The number of hydrogen-bond donors (Lipinski definition) is 0. The molecule has 0 aromatic heterocycles. The summed E-state index contributed by atoms with van der Waals surface area (Å²) in [6.07, 6.45) is 16.6. The molecule has 0 nitrogen and oxygen atoms in total. The van der Waals surface area contributed by atoms with E-state index in [2.05, 4.69) is 36.5 Å². The fourth-order valence-electron chi connectivity index (χ4n) is 2.58. The van der Waals surface area contributed by atoms with Crippen LogP contribution in [0.4, 0.5) is 0 Å². The van der Waals surface area contributed by atoms with Crippen molar-refractivity contribution in [1.82, 2.24) is 0 Å². The molecule has 0 radical (unpaired) electrons. The molecule has 15 heavy (non-hydrogen) atoms. The Labute approximate surface area is 117 Å². The third-order valence-corrected chi connectivity index (χ3v) is 15.1. The zero-order valence-corrected chi connectivity index (χ0v) is 14.2. The normalized spacial score (nSPS) is 21.9. The Morgan fingerprint density at radius 1 is 0.800 bits per heavy atom. The van der Waals surface area contributed by atoms with Crippen LogP contribution in [0.1, 0.15) is 12.8 Å². The zero-order chi connectivity index (χ0) is 8.73. The second-order valence-electron chi connectivity index (χ2n) is 4.23. The van der Waals surface area contributed by atoms with Crippen molar-refractivity contribution >= 4 is 0 Å². The summed E-state index contributed by atoms with van der Waals surface area (Å²) in [5, 5.41) is 0. The molecule has 1 saturated heterocycles. The molecule has 3 heteroatoms. The molecule has 0 unspecified atom stereocenters. The third kappa shape index (κ3) is 2.40. The fourth-order valence-corrected chi connectivity index (χ4v) is 15.5. The van der Waals surface area contributed by atoms with E-state index in [0.29, 0.717) is 0 Å². The summed E-state index contributed by atoms with van der Waals surface area (Å²) in [4.78, 5) is 0. The van der Waals surface area contributed by atoms with Crippen molar-refractivity contribution in [2.45, 2.75) is 21.1 Å². The van der Waals surface area contributed by atoms with Crippen LogP contribution in [0.15, 0.2) is 43.0 Å². The quantitative estimate of drug-likeness (QED) is 0.481. The summed E-state index contributed by atoms with van der Waals surface area (Å²) in [6, 6.07) is 0. The number of rotatable bonds is 2. The van der Waals surface area contributed by atoms with Gasteiger partial charge in [-0.2, -0.15) is 0 Å². The van der Waals surface area contributed by atoms with Crippen molar-refractivity contribution in [1.29, 1.82) is 0 Å². The molecule has 0 amide bonds.